The maximum absolute atomic E-state index is 12.9. The number of hydrogen-bond acceptors (Lipinski definition) is 2. The number of benzene rings is 1. The smallest absolute Gasteiger partial charge is 0.328 e. The summed E-state index contributed by atoms with van der Waals surface area (Å²) in [4.78, 5) is 10.1. The van der Waals surface area contributed by atoms with Gasteiger partial charge < -0.3 is 10.2 Å². The molecule has 0 aromatic heterocycles. The van der Waals surface area contributed by atoms with Crippen molar-refractivity contribution in [2.75, 3.05) is 0 Å². The molecule has 4 heteroatoms. The summed E-state index contributed by atoms with van der Waals surface area (Å²) >= 11 is 0. The molecule has 0 unspecified atom stereocenters. The molecule has 2 N–H and O–H groups in total. The molecule has 1 aromatic carbocycles. The Labute approximate surface area is 73.8 Å². The van der Waals surface area contributed by atoms with Gasteiger partial charge in [-0.25, -0.2) is 9.18 Å². The number of hydrogen-bond donors (Lipinski definition) is 2. The maximum atomic E-state index is 12.9. The van der Waals surface area contributed by atoms with E-state index in [2.05, 4.69) is 0 Å². The van der Waals surface area contributed by atoms with E-state index in [-0.39, 0.29) is 11.3 Å². The molecule has 0 aliphatic rings. The van der Waals surface area contributed by atoms with Crippen LogP contribution in [-0.4, -0.2) is 16.2 Å². The summed E-state index contributed by atoms with van der Waals surface area (Å²) in [6.45, 7) is 0. The second-order valence-electron chi connectivity index (χ2n) is 2.34. The van der Waals surface area contributed by atoms with Crippen LogP contribution in [0.15, 0.2) is 24.3 Å². The summed E-state index contributed by atoms with van der Waals surface area (Å²) in [6, 6.07) is 3.76. The lowest BCUT2D eigenvalue weighted by Crippen LogP contribution is -1.87. The minimum absolute atomic E-state index is 0.120. The monoisotopic (exact) mass is 182 g/mol. The van der Waals surface area contributed by atoms with Gasteiger partial charge in [0.15, 0.2) is 0 Å². The predicted octanol–water partition coefficient (Wildman–Crippen LogP) is 1.63. The molecule has 0 aliphatic carbocycles. The Morgan fingerprint density at radius 2 is 2.15 bits per heavy atom. The third-order valence-electron chi connectivity index (χ3n) is 1.42. The van der Waals surface area contributed by atoms with E-state index >= 15 is 0 Å². The molecule has 0 amide bonds. The van der Waals surface area contributed by atoms with Crippen LogP contribution in [0.1, 0.15) is 5.56 Å². The molecule has 1 rings (SSSR count). The number of carboxylic acid groups (broad SMARTS) is 1. The van der Waals surface area contributed by atoms with Crippen molar-refractivity contribution in [3.63, 3.8) is 0 Å². The Balaban J connectivity index is 3.06. The average molecular weight is 182 g/mol. The molecule has 0 saturated heterocycles. The van der Waals surface area contributed by atoms with Crippen LogP contribution >= 0.6 is 0 Å². The van der Waals surface area contributed by atoms with E-state index in [0.717, 1.165) is 18.2 Å². The van der Waals surface area contributed by atoms with Crippen LogP contribution in [0.3, 0.4) is 0 Å². The van der Waals surface area contributed by atoms with Crippen molar-refractivity contribution in [2.24, 2.45) is 0 Å². The molecule has 0 fully saturated rings. The standard InChI is InChI=1S/C9H7FO3/c10-7-2-1-3-8(11)6(7)4-5-9(12)13/h1-5,11H,(H,12,13)/b5-4+. The minimum atomic E-state index is -1.19. The first-order chi connectivity index (χ1) is 6.11. The van der Waals surface area contributed by atoms with Crippen LogP contribution in [0.4, 0.5) is 4.39 Å². The molecule has 3 nitrogen and oxygen atoms in total. The van der Waals surface area contributed by atoms with Gasteiger partial charge in [0.05, 0.1) is 5.56 Å². The van der Waals surface area contributed by atoms with E-state index in [9.17, 15) is 9.18 Å². The van der Waals surface area contributed by atoms with Gasteiger partial charge in [0, 0.05) is 6.08 Å². The number of aliphatic carboxylic acids is 1. The average Bonchev–Trinajstić information content (AvgIpc) is 2.03. The number of phenolic OH excluding ortho intramolecular Hbond substituents is 1. The summed E-state index contributed by atoms with van der Waals surface area (Å²) < 4.78 is 12.9. The summed E-state index contributed by atoms with van der Waals surface area (Å²) in [6.07, 6.45) is 1.77. The van der Waals surface area contributed by atoms with Crippen LogP contribution in [0.2, 0.25) is 0 Å². The lowest BCUT2D eigenvalue weighted by Gasteiger charge is -1.98. The molecule has 1 aromatic rings. The van der Waals surface area contributed by atoms with Gasteiger partial charge in [-0.3, -0.25) is 0 Å². The molecular weight excluding hydrogens is 175 g/mol. The molecule has 68 valence electrons. The van der Waals surface area contributed by atoms with Gasteiger partial charge in [-0.05, 0) is 18.2 Å². The Kier molecular flexibility index (Phi) is 2.64. The van der Waals surface area contributed by atoms with Gasteiger partial charge in [-0.15, -0.1) is 0 Å². The number of rotatable bonds is 2. The molecule has 0 heterocycles. The fourth-order valence-electron chi connectivity index (χ4n) is 0.845. The SMILES string of the molecule is O=C(O)/C=C/c1c(O)cccc1F. The quantitative estimate of drug-likeness (QED) is 0.683. The van der Waals surface area contributed by atoms with Crippen LogP contribution in [0.5, 0.6) is 5.75 Å². The van der Waals surface area contributed by atoms with Gasteiger partial charge in [0.2, 0.25) is 0 Å². The lowest BCUT2D eigenvalue weighted by atomic mass is 10.2. The number of carbonyl (C=O) groups is 1. The van der Waals surface area contributed by atoms with Crippen LogP contribution < -0.4 is 0 Å². The Hall–Kier alpha value is -1.84. The van der Waals surface area contributed by atoms with Crippen LogP contribution in [0, 0.1) is 5.82 Å². The predicted molar refractivity (Wildman–Crippen MR) is 44.7 cm³/mol. The first-order valence-corrected chi connectivity index (χ1v) is 3.50. The zero-order valence-electron chi connectivity index (χ0n) is 6.57. The fraction of sp³-hybridized carbons (Fsp3) is 0. The highest BCUT2D eigenvalue weighted by Crippen LogP contribution is 2.20. The van der Waals surface area contributed by atoms with E-state index in [1.807, 2.05) is 0 Å². The second kappa shape index (κ2) is 3.71. The van der Waals surface area contributed by atoms with Crippen molar-refractivity contribution < 1.29 is 19.4 Å². The van der Waals surface area contributed by atoms with Crippen LogP contribution in [0.25, 0.3) is 6.08 Å². The Morgan fingerprint density at radius 3 is 2.69 bits per heavy atom. The number of carboxylic acids is 1. The third-order valence-corrected chi connectivity index (χ3v) is 1.42. The minimum Gasteiger partial charge on any atom is -0.507 e. The number of aromatic hydroxyl groups is 1. The van der Waals surface area contributed by atoms with Gasteiger partial charge in [-0.2, -0.15) is 0 Å². The van der Waals surface area contributed by atoms with E-state index in [1.54, 1.807) is 0 Å². The normalized spacial score (nSPS) is 10.5. The van der Waals surface area contributed by atoms with Crippen molar-refractivity contribution in [2.45, 2.75) is 0 Å². The zero-order valence-corrected chi connectivity index (χ0v) is 6.57. The van der Waals surface area contributed by atoms with Crippen molar-refractivity contribution >= 4 is 12.0 Å². The van der Waals surface area contributed by atoms with Gasteiger partial charge in [0.1, 0.15) is 11.6 Å². The van der Waals surface area contributed by atoms with Crippen LogP contribution in [-0.2, 0) is 4.79 Å². The molecule has 0 aliphatic heterocycles. The lowest BCUT2D eigenvalue weighted by molar-refractivity contribution is -0.131. The molecular formula is C9H7FO3. The van der Waals surface area contributed by atoms with Crippen molar-refractivity contribution in [3.05, 3.63) is 35.7 Å². The molecule has 0 atom stereocenters. The topological polar surface area (TPSA) is 57.5 Å². The largest absolute Gasteiger partial charge is 0.507 e. The number of phenols is 1. The van der Waals surface area contributed by atoms with Gasteiger partial charge >= 0.3 is 5.97 Å². The Bertz CT molecular complexity index is 338. The van der Waals surface area contributed by atoms with Gasteiger partial charge in [0.25, 0.3) is 0 Å². The first kappa shape index (κ1) is 9.25. The fourth-order valence-corrected chi connectivity index (χ4v) is 0.845. The molecule has 0 spiro atoms. The van der Waals surface area contributed by atoms with Crippen molar-refractivity contribution in [3.8, 4) is 5.75 Å². The summed E-state index contributed by atoms with van der Waals surface area (Å²) in [7, 11) is 0. The molecule has 13 heavy (non-hydrogen) atoms. The van der Waals surface area contributed by atoms with Gasteiger partial charge in [-0.1, -0.05) is 6.07 Å². The summed E-state index contributed by atoms with van der Waals surface area (Å²) in [5.74, 6) is -2.13. The highest BCUT2D eigenvalue weighted by molar-refractivity contribution is 5.85. The first-order valence-electron chi connectivity index (χ1n) is 3.50. The van der Waals surface area contributed by atoms with Crippen molar-refractivity contribution in [1.29, 1.82) is 0 Å². The summed E-state index contributed by atoms with van der Waals surface area (Å²) in [5.41, 5.74) is -0.120. The van der Waals surface area contributed by atoms with E-state index in [1.165, 1.54) is 12.1 Å². The number of halogens is 1. The molecule has 0 bridgehead atoms. The van der Waals surface area contributed by atoms with E-state index in [4.69, 9.17) is 10.2 Å². The molecule has 0 saturated carbocycles. The highest BCUT2D eigenvalue weighted by atomic mass is 19.1. The zero-order chi connectivity index (χ0) is 9.84. The maximum Gasteiger partial charge on any atom is 0.328 e. The molecule has 0 radical (unpaired) electrons. The highest BCUT2D eigenvalue weighted by Gasteiger charge is 2.03. The van der Waals surface area contributed by atoms with E-state index < -0.39 is 11.8 Å². The van der Waals surface area contributed by atoms with E-state index in [0.29, 0.717) is 0 Å². The Morgan fingerprint density at radius 1 is 1.46 bits per heavy atom. The third kappa shape index (κ3) is 2.30. The summed E-state index contributed by atoms with van der Waals surface area (Å²) in [5, 5.41) is 17.4. The second-order valence-corrected chi connectivity index (χ2v) is 2.34. The van der Waals surface area contributed by atoms with Crippen molar-refractivity contribution in [1.82, 2.24) is 0 Å².